The molecule has 4 heteroatoms. The first-order chi connectivity index (χ1) is 8.74. The highest BCUT2D eigenvalue weighted by Crippen LogP contribution is 2.25. The number of benzene rings is 1. The van der Waals surface area contributed by atoms with Crippen LogP contribution in [0.15, 0.2) is 30.3 Å². The van der Waals surface area contributed by atoms with Gasteiger partial charge in [-0.15, -0.1) is 0 Å². The molecule has 1 amide bonds. The normalized spacial score (nSPS) is 22.3. The van der Waals surface area contributed by atoms with Gasteiger partial charge in [0.2, 0.25) is 5.91 Å². The maximum atomic E-state index is 11.5. The fourth-order valence-electron chi connectivity index (χ4n) is 2.12. The fraction of sp³-hybridized carbons (Fsp3) is 0.500. The van der Waals surface area contributed by atoms with Crippen molar-refractivity contribution in [2.45, 2.75) is 25.5 Å². The maximum Gasteiger partial charge on any atom is 0.234 e. The van der Waals surface area contributed by atoms with E-state index in [0.717, 1.165) is 24.9 Å². The van der Waals surface area contributed by atoms with E-state index in [2.05, 4.69) is 10.6 Å². The lowest BCUT2D eigenvalue weighted by Gasteiger charge is -2.31. The molecule has 0 atom stereocenters. The van der Waals surface area contributed by atoms with Crippen LogP contribution in [0.2, 0.25) is 0 Å². The molecular weight excluding hydrogens is 228 g/mol. The molecule has 1 aromatic carbocycles. The second-order valence-corrected chi connectivity index (χ2v) is 4.88. The minimum atomic E-state index is -0.122. The molecule has 0 saturated heterocycles. The van der Waals surface area contributed by atoms with E-state index < -0.39 is 0 Å². The SMILES string of the molecule is O=C(CNCC1CC(O)C1)NCc1ccccc1. The first-order valence-electron chi connectivity index (χ1n) is 6.43. The molecule has 1 aliphatic rings. The van der Waals surface area contributed by atoms with Crippen molar-refractivity contribution >= 4 is 5.91 Å². The number of rotatable bonds is 6. The van der Waals surface area contributed by atoms with Crippen LogP contribution in [-0.4, -0.2) is 30.2 Å². The van der Waals surface area contributed by atoms with Gasteiger partial charge < -0.3 is 15.7 Å². The van der Waals surface area contributed by atoms with Gasteiger partial charge in [0, 0.05) is 6.54 Å². The Morgan fingerprint density at radius 1 is 1.28 bits per heavy atom. The smallest absolute Gasteiger partial charge is 0.234 e. The van der Waals surface area contributed by atoms with Crippen molar-refractivity contribution in [2.75, 3.05) is 13.1 Å². The van der Waals surface area contributed by atoms with E-state index in [1.165, 1.54) is 0 Å². The van der Waals surface area contributed by atoms with E-state index >= 15 is 0 Å². The highest BCUT2D eigenvalue weighted by molar-refractivity contribution is 5.77. The van der Waals surface area contributed by atoms with Crippen molar-refractivity contribution in [3.63, 3.8) is 0 Å². The zero-order valence-corrected chi connectivity index (χ0v) is 10.4. The van der Waals surface area contributed by atoms with Crippen LogP contribution in [0.4, 0.5) is 0 Å². The summed E-state index contributed by atoms with van der Waals surface area (Å²) in [6, 6.07) is 9.86. The van der Waals surface area contributed by atoms with Gasteiger partial charge in [-0.05, 0) is 30.9 Å². The molecule has 0 bridgehead atoms. The maximum absolute atomic E-state index is 11.5. The Morgan fingerprint density at radius 3 is 2.67 bits per heavy atom. The zero-order chi connectivity index (χ0) is 12.8. The van der Waals surface area contributed by atoms with Crippen molar-refractivity contribution in [2.24, 2.45) is 5.92 Å². The minimum absolute atomic E-state index is 0.0127. The molecule has 0 spiro atoms. The van der Waals surface area contributed by atoms with Gasteiger partial charge in [-0.3, -0.25) is 4.79 Å². The Kier molecular flexibility index (Phi) is 4.73. The van der Waals surface area contributed by atoms with Crippen LogP contribution in [-0.2, 0) is 11.3 Å². The molecule has 1 aromatic rings. The number of aliphatic hydroxyl groups excluding tert-OH is 1. The zero-order valence-electron chi connectivity index (χ0n) is 10.4. The standard InChI is InChI=1S/C14H20N2O2/c17-13-6-12(7-13)8-15-10-14(18)16-9-11-4-2-1-3-5-11/h1-5,12-13,15,17H,6-10H2,(H,16,18). The molecule has 1 aliphatic carbocycles. The summed E-state index contributed by atoms with van der Waals surface area (Å²) in [7, 11) is 0. The van der Waals surface area contributed by atoms with E-state index in [9.17, 15) is 4.79 Å². The van der Waals surface area contributed by atoms with E-state index in [0.29, 0.717) is 19.0 Å². The molecule has 18 heavy (non-hydrogen) atoms. The average Bonchev–Trinajstić information content (AvgIpc) is 2.35. The number of carbonyl (C=O) groups excluding carboxylic acids is 1. The largest absolute Gasteiger partial charge is 0.393 e. The summed E-state index contributed by atoms with van der Waals surface area (Å²) in [5.41, 5.74) is 1.10. The van der Waals surface area contributed by atoms with Gasteiger partial charge in [-0.2, -0.15) is 0 Å². The van der Waals surface area contributed by atoms with E-state index in [1.54, 1.807) is 0 Å². The van der Waals surface area contributed by atoms with Crippen LogP contribution < -0.4 is 10.6 Å². The molecule has 4 nitrogen and oxygen atoms in total. The first kappa shape index (κ1) is 13.1. The van der Waals surface area contributed by atoms with Crippen LogP contribution >= 0.6 is 0 Å². The fourth-order valence-corrected chi connectivity index (χ4v) is 2.12. The summed E-state index contributed by atoms with van der Waals surface area (Å²) in [6.07, 6.45) is 1.60. The first-order valence-corrected chi connectivity index (χ1v) is 6.43. The second kappa shape index (κ2) is 6.52. The third-order valence-corrected chi connectivity index (χ3v) is 3.26. The number of nitrogens with one attached hydrogen (secondary N) is 2. The van der Waals surface area contributed by atoms with Crippen LogP contribution in [0.3, 0.4) is 0 Å². The lowest BCUT2D eigenvalue weighted by molar-refractivity contribution is -0.120. The lowest BCUT2D eigenvalue weighted by atomic mass is 9.82. The van der Waals surface area contributed by atoms with Crippen molar-refractivity contribution in [3.8, 4) is 0 Å². The van der Waals surface area contributed by atoms with Crippen molar-refractivity contribution in [1.82, 2.24) is 10.6 Å². The van der Waals surface area contributed by atoms with E-state index in [-0.39, 0.29) is 12.0 Å². The van der Waals surface area contributed by atoms with Gasteiger partial charge in [-0.1, -0.05) is 30.3 Å². The minimum Gasteiger partial charge on any atom is -0.393 e. The molecule has 0 radical (unpaired) electrons. The molecule has 0 aromatic heterocycles. The number of hydrogen-bond acceptors (Lipinski definition) is 3. The number of carbonyl (C=O) groups is 1. The highest BCUT2D eigenvalue weighted by atomic mass is 16.3. The molecule has 2 rings (SSSR count). The third-order valence-electron chi connectivity index (χ3n) is 3.26. The van der Waals surface area contributed by atoms with Crippen LogP contribution in [0.1, 0.15) is 18.4 Å². The number of amides is 1. The predicted molar refractivity (Wildman–Crippen MR) is 69.9 cm³/mol. The Bertz CT molecular complexity index is 375. The van der Waals surface area contributed by atoms with Crippen molar-refractivity contribution in [1.29, 1.82) is 0 Å². The highest BCUT2D eigenvalue weighted by Gasteiger charge is 2.26. The molecule has 98 valence electrons. The summed E-state index contributed by atoms with van der Waals surface area (Å²) in [5, 5.41) is 15.1. The Morgan fingerprint density at radius 2 is 2.00 bits per heavy atom. The molecule has 0 aliphatic heterocycles. The number of hydrogen-bond donors (Lipinski definition) is 3. The van der Waals surface area contributed by atoms with E-state index in [1.807, 2.05) is 30.3 Å². The molecular formula is C14H20N2O2. The van der Waals surface area contributed by atoms with Crippen LogP contribution in [0.25, 0.3) is 0 Å². The summed E-state index contributed by atoms with van der Waals surface area (Å²) >= 11 is 0. The van der Waals surface area contributed by atoms with Gasteiger partial charge in [0.05, 0.1) is 12.6 Å². The Hall–Kier alpha value is -1.39. The van der Waals surface area contributed by atoms with Gasteiger partial charge in [-0.25, -0.2) is 0 Å². The summed E-state index contributed by atoms with van der Waals surface area (Å²) in [5.74, 6) is 0.542. The van der Waals surface area contributed by atoms with Gasteiger partial charge in [0.25, 0.3) is 0 Å². The monoisotopic (exact) mass is 248 g/mol. The lowest BCUT2D eigenvalue weighted by Crippen LogP contribution is -2.40. The average molecular weight is 248 g/mol. The number of aliphatic hydroxyl groups is 1. The van der Waals surface area contributed by atoms with Gasteiger partial charge in [0.15, 0.2) is 0 Å². The summed E-state index contributed by atoms with van der Waals surface area (Å²) < 4.78 is 0. The Balaban J connectivity index is 1.55. The van der Waals surface area contributed by atoms with Crippen molar-refractivity contribution in [3.05, 3.63) is 35.9 Å². The van der Waals surface area contributed by atoms with Gasteiger partial charge >= 0.3 is 0 Å². The quantitative estimate of drug-likeness (QED) is 0.693. The Labute approximate surface area is 107 Å². The second-order valence-electron chi connectivity index (χ2n) is 4.88. The predicted octanol–water partition coefficient (Wildman–Crippen LogP) is 0.663. The van der Waals surface area contributed by atoms with Crippen molar-refractivity contribution < 1.29 is 9.90 Å². The molecule has 0 heterocycles. The topological polar surface area (TPSA) is 61.4 Å². The summed E-state index contributed by atoms with van der Waals surface area (Å²) in [4.78, 5) is 11.5. The van der Waals surface area contributed by atoms with Crippen LogP contribution in [0, 0.1) is 5.92 Å². The molecule has 3 N–H and O–H groups in total. The van der Waals surface area contributed by atoms with E-state index in [4.69, 9.17) is 5.11 Å². The third kappa shape index (κ3) is 4.13. The van der Waals surface area contributed by atoms with Gasteiger partial charge in [0.1, 0.15) is 0 Å². The molecule has 0 unspecified atom stereocenters. The molecule has 1 fully saturated rings. The van der Waals surface area contributed by atoms with Crippen LogP contribution in [0.5, 0.6) is 0 Å². The summed E-state index contributed by atoms with van der Waals surface area (Å²) in [6.45, 7) is 1.73. The molecule has 1 saturated carbocycles.